The summed E-state index contributed by atoms with van der Waals surface area (Å²) >= 11 is 0. The monoisotopic (exact) mass is 868 g/mol. The molecule has 0 aromatic heterocycles. The fourth-order valence-electron chi connectivity index (χ4n) is 8.01. The minimum absolute atomic E-state index is 0.216. The number of aliphatic hydroxyl groups excluding tert-OH is 7. The van der Waals surface area contributed by atoms with Crippen LogP contribution in [0.15, 0.2) is 0 Å². The van der Waals surface area contributed by atoms with E-state index in [1.807, 2.05) is 0 Å². The first-order valence-electron chi connectivity index (χ1n) is 24.1. The molecule has 9 N–H and O–H groups in total. The lowest BCUT2D eigenvalue weighted by atomic mass is 9.85. The number of hydrogen-bond donors (Lipinski definition) is 9. The van der Waals surface area contributed by atoms with Crippen LogP contribution in [0.4, 0.5) is 0 Å². The summed E-state index contributed by atoms with van der Waals surface area (Å²) in [5.41, 5.74) is 0. The molecule has 14 heteroatoms. The fourth-order valence-corrected chi connectivity index (χ4v) is 8.98. The highest BCUT2D eigenvalue weighted by Crippen LogP contribution is 2.47. The van der Waals surface area contributed by atoms with E-state index in [2.05, 4.69) is 19.2 Å². The molecule has 0 spiro atoms. The van der Waals surface area contributed by atoms with Crippen LogP contribution in [0, 0.1) is 0 Å². The topological polar surface area (TPSA) is 226 Å². The van der Waals surface area contributed by atoms with E-state index in [1.54, 1.807) is 0 Å². The third-order valence-electron chi connectivity index (χ3n) is 12.0. The molecule has 352 valence electrons. The number of carbonyl (C=O) groups is 1. The lowest BCUT2D eigenvalue weighted by Gasteiger charge is -2.41. The lowest BCUT2D eigenvalue weighted by Crippen LogP contribution is -2.64. The Hall–Kier alpha value is -0.700. The quantitative estimate of drug-likeness (QED) is 0.0211. The second-order valence-electron chi connectivity index (χ2n) is 17.5. The Balaban J connectivity index is 2.51. The SMILES string of the molecule is CCCCCCCCCCCCCCCCCCC(O)C(COP(=O)(O)OC1C(O)C(O)C(O)C(O)C1O)NC(=O)CC(O)CCCCCCCCCCCCCCC. The second-order valence-corrected chi connectivity index (χ2v) is 18.9. The van der Waals surface area contributed by atoms with Crippen molar-refractivity contribution in [2.45, 2.75) is 274 Å². The van der Waals surface area contributed by atoms with Crippen molar-refractivity contribution >= 4 is 13.7 Å². The van der Waals surface area contributed by atoms with Crippen LogP contribution in [0.3, 0.4) is 0 Å². The second kappa shape index (κ2) is 35.7. The Morgan fingerprint density at radius 3 is 1.22 bits per heavy atom. The summed E-state index contributed by atoms with van der Waals surface area (Å²) in [5.74, 6) is -0.557. The summed E-state index contributed by atoms with van der Waals surface area (Å²) in [6.45, 7) is 3.80. The van der Waals surface area contributed by atoms with Crippen molar-refractivity contribution in [1.29, 1.82) is 0 Å². The van der Waals surface area contributed by atoms with Crippen molar-refractivity contribution in [3.63, 3.8) is 0 Å². The van der Waals surface area contributed by atoms with Crippen molar-refractivity contribution in [2.75, 3.05) is 6.61 Å². The van der Waals surface area contributed by atoms with Crippen molar-refractivity contribution < 1.29 is 59.0 Å². The van der Waals surface area contributed by atoms with Crippen LogP contribution in [-0.2, 0) is 18.4 Å². The van der Waals surface area contributed by atoms with Gasteiger partial charge in [0.15, 0.2) is 0 Å². The van der Waals surface area contributed by atoms with Gasteiger partial charge in [-0.05, 0) is 12.8 Å². The van der Waals surface area contributed by atoms with Gasteiger partial charge >= 0.3 is 7.82 Å². The smallest absolute Gasteiger partial charge is 0.393 e. The molecule has 0 bridgehead atoms. The van der Waals surface area contributed by atoms with Gasteiger partial charge in [0.25, 0.3) is 0 Å². The Morgan fingerprint density at radius 1 is 0.525 bits per heavy atom. The largest absolute Gasteiger partial charge is 0.472 e. The molecule has 59 heavy (non-hydrogen) atoms. The fraction of sp³-hybridized carbons (Fsp3) is 0.978. The maximum Gasteiger partial charge on any atom is 0.472 e. The van der Waals surface area contributed by atoms with Crippen LogP contribution in [0.5, 0.6) is 0 Å². The third-order valence-corrected chi connectivity index (χ3v) is 13.0. The van der Waals surface area contributed by atoms with Crippen LogP contribution in [0.25, 0.3) is 0 Å². The number of hydrogen-bond acceptors (Lipinski definition) is 11. The Bertz CT molecular complexity index is 1030. The molecule has 0 aliphatic heterocycles. The molecule has 1 saturated carbocycles. The molecule has 0 aromatic carbocycles. The zero-order chi connectivity index (χ0) is 43.7. The molecule has 8 unspecified atom stereocenters. The average Bonchev–Trinajstić information content (AvgIpc) is 3.21. The Morgan fingerprint density at radius 2 is 0.847 bits per heavy atom. The van der Waals surface area contributed by atoms with Crippen LogP contribution >= 0.6 is 7.82 Å². The molecule has 0 saturated heterocycles. The molecule has 1 rings (SSSR count). The Labute approximate surface area is 358 Å². The number of rotatable bonds is 40. The van der Waals surface area contributed by atoms with E-state index >= 15 is 0 Å². The molecule has 13 nitrogen and oxygen atoms in total. The van der Waals surface area contributed by atoms with E-state index in [0.29, 0.717) is 12.8 Å². The number of carbonyl (C=O) groups excluding carboxylic acids is 1. The molecule has 1 aliphatic rings. The molecule has 1 fully saturated rings. The molecule has 8 atom stereocenters. The molecule has 1 amide bonds. The number of unbranched alkanes of at least 4 members (excludes halogenated alkanes) is 27. The van der Waals surface area contributed by atoms with E-state index < -0.39 is 75.2 Å². The van der Waals surface area contributed by atoms with Crippen molar-refractivity contribution in [3.05, 3.63) is 0 Å². The first-order chi connectivity index (χ1) is 28.3. The maximum atomic E-state index is 13.0. The zero-order valence-corrected chi connectivity index (χ0v) is 38.1. The predicted molar refractivity (Wildman–Crippen MR) is 234 cm³/mol. The van der Waals surface area contributed by atoms with Gasteiger partial charge < -0.3 is 46.0 Å². The highest BCUT2D eigenvalue weighted by molar-refractivity contribution is 7.47. The number of phosphoric ester groups is 1. The van der Waals surface area contributed by atoms with Gasteiger partial charge in [0.2, 0.25) is 5.91 Å². The van der Waals surface area contributed by atoms with E-state index in [9.17, 15) is 50.0 Å². The zero-order valence-electron chi connectivity index (χ0n) is 37.2. The normalized spacial score (nSPS) is 23.5. The van der Waals surface area contributed by atoms with Gasteiger partial charge in [0, 0.05) is 0 Å². The van der Waals surface area contributed by atoms with Gasteiger partial charge in [-0.3, -0.25) is 13.8 Å². The minimum atomic E-state index is -5.11. The molecule has 0 radical (unpaired) electrons. The summed E-state index contributed by atoms with van der Waals surface area (Å²) in [4.78, 5) is 23.5. The summed E-state index contributed by atoms with van der Waals surface area (Å²) in [7, 11) is -5.11. The van der Waals surface area contributed by atoms with Crippen molar-refractivity contribution in [2.24, 2.45) is 0 Å². The predicted octanol–water partition coefficient (Wildman–Crippen LogP) is 8.04. The molecule has 0 heterocycles. The number of amides is 1. The molecular formula is C45H90NO12P. The number of aliphatic hydroxyl groups is 7. The number of phosphoric acid groups is 1. The van der Waals surface area contributed by atoms with E-state index in [-0.39, 0.29) is 12.8 Å². The van der Waals surface area contributed by atoms with Gasteiger partial charge in [0.1, 0.15) is 36.6 Å². The van der Waals surface area contributed by atoms with Gasteiger partial charge in [-0.25, -0.2) is 4.57 Å². The van der Waals surface area contributed by atoms with Crippen molar-refractivity contribution in [3.8, 4) is 0 Å². The maximum absolute atomic E-state index is 13.0. The van der Waals surface area contributed by atoms with Gasteiger partial charge in [-0.1, -0.05) is 200 Å². The average molecular weight is 868 g/mol. The highest BCUT2D eigenvalue weighted by Gasteiger charge is 2.51. The molecule has 1 aliphatic carbocycles. The van der Waals surface area contributed by atoms with E-state index in [1.165, 1.54) is 128 Å². The molecule has 0 aromatic rings. The van der Waals surface area contributed by atoms with Gasteiger partial charge in [-0.15, -0.1) is 0 Å². The van der Waals surface area contributed by atoms with Crippen molar-refractivity contribution in [1.82, 2.24) is 5.32 Å². The Kier molecular flexibility index (Phi) is 34.1. The minimum Gasteiger partial charge on any atom is -0.393 e. The van der Waals surface area contributed by atoms with Crippen LogP contribution < -0.4 is 5.32 Å². The highest BCUT2D eigenvalue weighted by atomic mass is 31.2. The summed E-state index contributed by atoms with van der Waals surface area (Å²) in [6, 6.07) is -1.15. The van der Waals surface area contributed by atoms with Crippen LogP contribution in [-0.4, -0.2) is 108 Å². The standard InChI is InChI=1S/C45H90NO12P/c1-3-5-7-9-11-13-15-17-18-19-21-23-25-27-29-31-33-38(48)37(35-57-59(55,56)58-45-43(53)41(51)40(50)42(52)44(45)54)46-39(49)34-36(47)32-30-28-26-24-22-20-16-14-12-10-8-6-4-2/h36-38,40-45,47-48,50-54H,3-35H2,1-2H3,(H,46,49)(H,55,56). The summed E-state index contributed by atoms with van der Waals surface area (Å²) < 4.78 is 22.9. The van der Waals surface area contributed by atoms with Gasteiger partial charge in [-0.2, -0.15) is 0 Å². The summed E-state index contributed by atoms with van der Waals surface area (Å²) in [5, 5.41) is 74.6. The first kappa shape index (κ1) is 56.3. The first-order valence-corrected chi connectivity index (χ1v) is 25.6. The van der Waals surface area contributed by atoms with Crippen LogP contribution in [0.1, 0.15) is 219 Å². The summed E-state index contributed by atoms with van der Waals surface area (Å²) in [6.07, 6.45) is 21.5. The number of nitrogens with one attached hydrogen (secondary N) is 1. The van der Waals surface area contributed by atoms with E-state index in [0.717, 1.165) is 51.4 Å². The van der Waals surface area contributed by atoms with Crippen LogP contribution in [0.2, 0.25) is 0 Å². The van der Waals surface area contributed by atoms with E-state index in [4.69, 9.17) is 9.05 Å². The van der Waals surface area contributed by atoms with Gasteiger partial charge in [0.05, 0.1) is 31.3 Å². The lowest BCUT2D eigenvalue weighted by molar-refractivity contribution is -0.220. The molecular weight excluding hydrogens is 777 g/mol. The third kappa shape index (κ3) is 27.9.